The first-order chi connectivity index (χ1) is 8.60. The molecule has 2 rings (SSSR count). The van der Waals surface area contributed by atoms with E-state index in [1.165, 1.54) is 0 Å². The van der Waals surface area contributed by atoms with Gasteiger partial charge in [0.2, 0.25) is 5.91 Å². The third kappa shape index (κ3) is 3.43. The average molecular weight is 255 g/mol. The summed E-state index contributed by atoms with van der Waals surface area (Å²) in [6, 6.07) is 0. The highest BCUT2D eigenvalue weighted by Gasteiger charge is 2.34. The van der Waals surface area contributed by atoms with E-state index < -0.39 is 0 Å². The van der Waals surface area contributed by atoms with Crippen LogP contribution >= 0.6 is 0 Å². The van der Waals surface area contributed by atoms with Crippen molar-refractivity contribution in [2.75, 3.05) is 46.4 Å². The summed E-state index contributed by atoms with van der Waals surface area (Å²) in [6.07, 6.45) is 2.18. The van der Waals surface area contributed by atoms with E-state index in [-0.39, 0.29) is 17.4 Å². The van der Waals surface area contributed by atoms with E-state index >= 15 is 0 Å². The van der Waals surface area contributed by atoms with Crippen LogP contribution < -0.4 is 10.6 Å². The summed E-state index contributed by atoms with van der Waals surface area (Å²) in [6.45, 7) is 7.11. The molecule has 0 aromatic heterocycles. The number of carbonyl (C=O) groups excluding carboxylic acids is 1. The van der Waals surface area contributed by atoms with Gasteiger partial charge in [-0.15, -0.1) is 0 Å². The molecule has 0 aromatic carbocycles. The summed E-state index contributed by atoms with van der Waals surface area (Å²) in [5.74, 6) is 0.159. The fourth-order valence-corrected chi connectivity index (χ4v) is 2.66. The minimum Gasteiger partial charge on any atom is -0.374 e. The van der Waals surface area contributed by atoms with Crippen molar-refractivity contribution in [3.63, 3.8) is 0 Å². The van der Waals surface area contributed by atoms with Crippen LogP contribution in [0.15, 0.2) is 0 Å². The standard InChI is InChI=1S/C13H25N3O2/c1-13(4-3-5-14-10-13)12(17)15-8-11-9-16(2)6-7-18-11/h11,14H,3-10H2,1-2H3,(H,15,17). The molecule has 2 aliphatic heterocycles. The quantitative estimate of drug-likeness (QED) is 0.735. The highest BCUT2D eigenvalue weighted by molar-refractivity contribution is 5.82. The molecule has 2 aliphatic rings. The summed E-state index contributed by atoms with van der Waals surface area (Å²) in [7, 11) is 2.09. The first-order valence-corrected chi connectivity index (χ1v) is 6.89. The van der Waals surface area contributed by atoms with Gasteiger partial charge in [0.15, 0.2) is 0 Å². The van der Waals surface area contributed by atoms with E-state index in [9.17, 15) is 4.79 Å². The van der Waals surface area contributed by atoms with Crippen molar-refractivity contribution < 1.29 is 9.53 Å². The Morgan fingerprint density at radius 2 is 2.44 bits per heavy atom. The number of hydrogen-bond donors (Lipinski definition) is 2. The Morgan fingerprint density at radius 3 is 3.11 bits per heavy atom. The maximum absolute atomic E-state index is 12.2. The lowest BCUT2D eigenvalue weighted by Gasteiger charge is -2.34. The molecule has 0 aliphatic carbocycles. The van der Waals surface area contributed by atoms with Gasteiger partial charge in [-0.05, 0) is 33.4 Å². The summed E-state index contributed by atoms with van der Waals surface area (Å²) in [5, 5.41) is 6.35. The molecule has 2 saturated heterocycles. The summed E-state index contributed by atoms with van der Waals surface area (Å²) >= 11 is 0. The monoisotopic (exact) mass is 255 g/mol. The lowest BCUT2D eigenvalue weighted by molar-refractivity contribution is -0.132. The molecular weight excluding hydrogens is 230 g/mol. The van der Waals surface area contributed by atoms with Crippen molar-refractivity contribution >= 4 is 5.91 Å². The number of carbonyl (C=O) groups is 1. The van der Waals surface area contributed by atoms with Crippen LogP contribution in [-0.4, -0.2) is 63.3 Å². The lowest BCUT2D eigenvalue weighted by atomic mass is 9.82. The number of rotatable bonds is 3. The lowest BCUT2D eigenvalue weighted by Crippen LogP contribution is -2.52. The molecule has 2 unspecified atom stereocenters. The van der Waals surface area contributed by atoms with E-state index in [1.54, 1.807) is 0 Å². The Balaban J connectivity index is 1.76. The highest BCUT2D eigenvalue weighted by atomic mass is 16.5. The Kier molecular flexibility index (Phi) is 4.59. The first kappa shape index (κ1) is 13.8. The van der Waals surface area contributed by atoms with Crippen molar-refractivity contribution in [1.82, 2.24) is 15.5 Å². The van der Waals surface area contributed by atoms with Gasteiger partial charge in [0.05, 0.1) is 18.1 Å². The van der Waals surface area contributed by atoms with E-state index in [1.807, 2.05) is 6.92 Å². The van der Waals surface area contributed by atoms with Gasteiger partial charge in [-0.1, -0.05) is 0 Å². The van der Waals surface area contributed by atoms with Gasteiger partial charge < -0.3 is 20.3 Å². The number of piperidine rings is 1. The molecule has 2 atom stereocenters. The fraction of sp³-hybridized carbons (Fsp3) is 0.923. The number of nitrogens with zero attached hydrogens (tertiary/aromatic N) is 1. The van der Waals surface area contributed by atoms with E-state index in [2.05, 4.69) is 22.6 Å². The average Bonchev–Trinajstić information content (AvgIpc) is 2.37. The zero-order valence-corrected chi connectivity index (χ0v) is 11.5. The number of nitrogens with one attached hydrogen (secondary N) is 2. The zero-order valence-electron chi connectivity index (χ0n) is 11.5. The molecule has 0 radical (unpaired) electrons. The molecule has 2 heterocycles. The van der Waals surface area contributed by atoms with Gasteiger partial charge >= 0.3 is 0 Å². The number of likely N-dealkylation sites (N-methyl/N-ethyl adjacent to an activating group) is 1. The zero-order chi connectivity index (χ0) is 13.0. The smallest absolute Gasteiger partial charge is 0.227 e. The third-order valence-electron chi connectivity index (χ3n) is 3.98. The van der Waals surface area contributed by atoms with Crippen LogP contribution in [0.2, 0.25) is 0 Å². The molecule has 0 bridgehead atoms. The predicted octanol–water partition coefficient (Wildman–Crippen LogP) is -0.177. The molecule has 5 heteroatoms. The minimum atomic E-state index is -0.251. The van der Waals surface area contributed by atoms with Crippen molar-refractivity contribution in [2.24, 2.45) is 5.41 Å². The Morgan fingerprint density at radius 1 is 1.61 bits per heavy atom. The molecule has 0 spiro atoms. The normalized spacial score (nSPS) is 34.2. The minimum absolute atomic E-state index is 0.132. The highest BCUT2D eigenvalue weighted by Crippen LogP contribution is 2.25. The first-order valence-electron chi connectivity index (χ1n) is 6.89. The number of ether oxygens (including phenoxy) is 1. The van der Waals surface area contributed by atoms with Crippen molar-refractivity contribution in [3.05, 3.63) is 0 Å². The summed E-state index contributed by atoms with van der Waals surface area (Å²) < 4.78 is 5.65. The van der Waals surface area contributed by atoms with Gasteiger partial charge in [0, 0.05) is 26.2 Å². The second-order valence-corrected chi connectivity index (χ2v) is 5.81. The van der Waals surface area contributed by atoms with E-state index in [0.717, 1.165) is 45.6 Å². The number of morpholine rings is 1. The van der Waals surface area contributed by atoms with Crippen LogP contribution in [0.1, 0.15) is 19.8 Å². The Bertz CT molecular complexity index is 290. The molecule has 104 valence electrons. The van der Waals surface area contributed by atoms with Crippen LogP contribution in [0, 0.1) is 5.41 Å². The van der Waals surface area contributed by atoms with Gasteiger partial charge in [-0.2, -0.15) is 0 Å². The maximum atomic E-state index is 12.2. The maximum Gasteiger partial charge on any atom is 0.227 e. The number of hydrogen-bond acceptors (Lipinski definition) is 4. The van der Waals surface area contributed by atoms with Gasteiger partial charge in [0.1, 0.15) is 0 Å². The molecule has 2 fully saturated rings. The number of amides is 1. The Labute approximate surface area is 109 Å². The molecule has 0 aromatic rings. The second-order valence-electron chi connectivity index (χ2n) is 5.81. The van der Waals surface area contributed by atoms with Gasteiger partial charge in [0.25, 0.3) is 0 Å². The molecular formula is C13H25N3O2. The molecule has 0 saturated carbocycles. The molecule has 2 N–H and O–H groups in total. The van der Waals surface area contributed by atoms with Crippen molar-refractivity contribution in [3.8, 4) is 0 Å². The van der Waals surface area contributed by atoms with Crippen molar-refractivity contribution in [2.45, 2.75) is 25.9 Å². The summed E-state index contributed by atoms with van der Waals surface area (Å²) in [5.41, 5.74) is -0.251. The van der Waals surface area contributed by atoms with Crippen LogP contribution in [-0.2, 0) is 9.53 Å². The van der Waals surface area contributed by atoms with Crippen LogP contribution in [0.25, 0.3) is 0 Å². The predicted molar refractivity (Wildman–Crippen MR) is 70.5 cm³/mol. The SMILES string of the molecule is CN1CCOC(CNC(=O)C2(C)CCCNC2)C1. The molecule has 5 nitrogen and oxygen atoms in total. The second kappa shape index (κ2) is 5.99. The summed E-state index contributed by atoms with van der Waals surface area (Å²) in [4.78, 5) is 14.5. The van der Waals surface area contributed by atoms with E-state index in [0.29, 0.717) is 6.54 Å². The van der Waals surface area contributed by atoms with Gasteiger partial charge in [-0.3, -0.25) is 4.79 Å². The third-order valence-corrected chi connectivity index (χ3v) is 3.98. The fourth-order valence-electron chi connectivity index (χ4n) is 2.66. The largest absolute Gasteiger partial charge is 0.374 e. The van der Waals surface area contributed by atoms with Crippen LogP contribution in [0.3, 0.4) is 0 Å². The molecule has 18 heavy (non-hydrogen) atoms. The Hall–Kier alpha value is -0.650. The van der Waals surface area contributed by atoms with Crippen LogP contribution in [0.4, 0.5) is 0 Å². The topological polar surface area (TPSA) is 53.6 Å². The molecule has 1 amide bonds. The van der Waals surface area contributed by atoms with E-state index in [4.69, 9.17) is 4.74 Å². The van der Waals surface area contributed by atoms with Crippen LogP contribution in [0.5, 0.6) is 0 Å². The van der Waals surface area contributed by atoms with Crippen molar-refractivity contribution in [1.29, 1.82) is 0 Å². The van der Waals surface area contributed by atoms with Gasteiger partial charge in [-0.25, -0.2) is 0 Å².